The lowest BCUT2D eigenvalue weighted by atomic mass is 9.87. The number of aryl methyl sites for hydroxylation is 1. The summed E-state index contributed by atoms with van der Waals surface area (Å²) in [6.45, 7) is 10.6. The first-order chi connectivity index (χ1) is 17.4. The lowest BCUT2D eigenvalue weighted by molar-refractivity contribution is -0.135. The van der Waals surface area contributed by atoms with Gasteiger partial charge in [0, 0.05) is 54.7 Å². The minimum Gasteiger partial charge on any atom is -0.381 e. The number of hydrogen-bond acceptors (Lipinski definition) is 4. The van der Waals surface area contributed by atoms with Crippen molar-refractivity contribution in [2.75, 3.05) is 39.9 Å². The second-order valence-corrected chi connectivity index (χ2v) is 11.0. The number of nitrogens with one attached hydrogen (secondary N) is 1. The second-order valence-electron chi connectivity index (χ2n) is 11.0. The van der Waals surface area contributed by atoms with Gasteiger partial charge in [0.1, 0.15) is 0 Å². The number of hydrogen-bond donors (Lipinski definition) is 1. The number of nitrogens with zero attached hydrogens (tertiary/aromatic N) is 3. The van der Waals surface area contributed by atoms with Crippen LogP contribution in [0.2, 0.25) is 0 Å². The highest BCUT2D eigenvalue weighted by Gasteiger charge is 2.27. The summed E-state index contributed by atoms with van der Waals surface area (Å²) in [7, 11) is 1.96. The van der Waals surface area contributed by atoms with Gasteiger partial charge in [0.15, 0.2) is 0 Å². The first kappa shape index (κ1) is 25.0. The average molecular weight is 489 g/mol. The smallest absolute Gasteiger partial charge is 0.236 e. The number of carbonyl (C=O) groups is 1. The van der Waals surface area contributed by atoms with Gasteiger partial charge in [-0.2, -0.15) is 0 Å². The predicted octanol–water partition coefficient (Wildman–Crippen LogP) is 5.48. The molecule has 0 radical (unpaired) electrons. The monoisotopic (exact) mass is 488 g/mol. The summed E-state index contributed by atoms with van der Waals surface area (Å²) >= 11 is 0. The molecule has 0 spiro atoms. The maximum Gasteiger partial charge on any atom is 0.236 e. The summed E-state index contributed by atoms with van der Waals surface area (Å²) in [4.78, 5) is 25.3. The molecule has 36 heavy (non-hydrogen) atoms. The fourth-order valence-corrected chi connectivity index (χ4v) is 6.02. The first-order valence-corrected chi connectivity index (χ1v) is 13.5. The number of rotatable bonds is 6. The normalized spacial score (nSPS) is 18.2. The molecule has 3 aromatic rings. The van der Waals surface area contributed by atoms with Crippen molar-refractivity contribution in [1.82, 2.24) is 19.8 Å². The fourth-order valence-electron chi connectivity index (χ4n) is 6.02. The number of aromatic nitrogens is 2. The minimum atomic E-state index is 0.245. The van der Waals surface area contributed by atoms with Crippen LogP contribution >= 0.6 is 0 Å². The number of ether oxygens (including phenoxy) is 1. The number of H-pyrrole nitrogens is 1. The van der Waals surface area contributed by atoms with E-state index in [1.807, 2.05) is 25.1 Å². The van der Waals surface area contributed by atoms with Gasteiger partial charge in [-0.25, -0.2) is 0 Å². The van der Waals surface area contributed by atoms with Gasteiger partial charge in [0.2, 0.25) is 5.91 Å². The highest BCUT2D eigenvalue weighted by Crippen LogP contribution is 2.38. The Balaban J connectivity index is 1.28. The number of carbonyl (C=O) groups excluding carboxylic acids is 1. The second kappa shape index (κ2) is 10.7. The Morgan fingerprint density at radius 3 is 2.58 bits per heavy atom. The zero-order valence-electron chi connectivity index (χ0n) is 22.2. The molecule has 4 heterocycles. The number of aromatic amines is 1. The third kappa shape index (κ3) is 5.21. The largest absolute Gasteiger partial charge is 0.381 e. The van der Waals surface area contributed by atoms with Crippen molar-refractivity contribution in [2.45, 2.75) is 64.3 Å². The standard InChI is InChI=1S/C30H40N4O2/c1-20(2)29-26-18-23(5-6-27(26)32-30(29)24-7-12-31-21(3)17-24)22-8-13-34(14-9-22)19-28(35)33(4)25-10-15-36-16-11-25/h5-7,12,17-18,20,22,25,32H,8-11,13-16,19H2,1-4H3. The summed E-state index contributed by atoms with van der Waals surface area (Å²) in [5, 5.41) is 1.34. The average Bonchev–Trinajstić information content (AvgIpc) is 3.28. The molecule has 2 aromatic heterocycles. The number of benzene rings is 1. The molecular weight excluding hydrogens is 448 g/mol. The lowest BCUT2D eigenvalue weighted by Gasteiger charge is -2.35. The van der Waals surface area contributed by atoms with Gasteiger partial charge in [0.25, 0.3) is 0 Å². The van der Waals surface area contributed by atoms with Gasteiger partial charge in [-0.15, -0.1) is 0 Å². The van der Waals surface area contributed by atoms with Crippen molar-refractivity contribution in [3.8, 4) is 11.3 Å². The van der Waals surface area contributed by atoms with Crippen LogP contribution in [0.5, 0.6) is 0 Å². The Bertz CT molecular complexity index is 1200. The molecule has 0 saturated carbocycles. The summed E-state index contributed by atoms with van der Waals surface area (Å²) in [5.74, 6) is 1.20. The van der Waals surface area contributed by atoms with E-state index in [0.717, 1.165) is 57.7 Å². The molecular formula is C30H40N4O2. The summed E-state index contributed by atoms with van der Waals surface area (Å²) in [5.41, 5.74) is 7.46. The van der Waals surface area contributed by atoms with Crippen LogP contribution in [0.3, 0.4) is 0 Å². The van der Waals surface area contributed by atoms with E-state index in [0.29, 0.717) is 24.4 Å². The highest BCUT2D eigenvalue weighted by atomic mass is 16.5. The molecule has 6 heteroatoms. The van der Waals surface area contributed by atoms with Crippen LogP contribution in [0.15, 0.2) is 36.5 Å². The van der Waals surface area contributed by atoms with Crippen molar-refractivity contribution in [1.29, 1.82) is 0 Å². The third-order valence-corrected chi connectivity index (χ3v) is 8.18. The summed E-state index contributed by atoms with van der Waals surface area (Å²) in [6.07, 6.45) is 5.99. The Hall–Kier alpha value is -2.70. The number of pyridine rings is 1. The van der Waals surface area contributed by atoms with E-state index in [4.69, 9.17) is 4.74 Å². The van der Waals surface area contributed by atoms with Crippen molar-refractivity contribution < 1.29 is 9.53 Å². The molecule has 192 valence electrons. The zero-order chi connectivity index (χ0) is 25.2. The van der Waals surface area contributed by atoms with Gasteiger partial charge in [-0.1, -0.05) is 19.9 Å². The van der Waals surface area contributed by atoms with Crippen LogP contribution in [0.1, 0.15) is 68.2 Å². The molecule has 0 unspecified atom stereocenters. The lowest BCUT2D eigenvalue weighted by Crippen LogP contribution is -2.46. The molecule has 2 saturated heterocycles. The van der Waals surface area contributed by atoms with E-state index in [1.54, 1.807) is 0 Å². The maximum atomic E-state index is 12.9. The molecule has 0 atom stereocenters. The molecule has 2 aliphatic heterocycles. The SMILES string of the molecule is Cc1cc(-c2[nH]c3ccc(C4CCN(CC(=O)N(C)C5CCOCC5)CC4)cc3c2C(C)C)ccn1. The Morgan fingerprint density at radius 2 is 1.89 bits per heavy atom. The van der Waals surface area contributed by atoms with E-state index >= 15 is 0 Å². The van der Waals surface area contributed by atoms with E-state index in [2.05, 4.69) is 59.0 Å². The maximum absolute atomic E-state index is 12.9. The topological polar surface area (TPSA) is 61.5 Å². The van der Waals surface area contributed by atoms with Crippen LogP contribution in [0, 0.1) is 6.92 Å². The van der Waals surface area contributed by atoms with Gasteiger partial charge in [0.05, 0.1) is 12.2 Å². The molecule has 0 aliphatic carbocycles. The summed E-state index contributed by atoms with van der Waals surface area (Å²) in [6, 6.07) is 11.6. The van der Waals surface area contributed by atoms with E-state index in [-0.39, 0.29) is 5.91 Å². The van der Waals surface area contributed by atoms with E-state index in [1.165, 1.54) is 33.3 Å². The number of amides is 1. The number of likely N-dealkylation sites (tertiary alicyclic amines) is 1. The number of fused-ring (bicyclic) bond motifs is 1. The van der Waals surface area contributed by atoms with E-state index in [9.17, 15) is 4.79 Å². The van der Waals surface area contributed by atoms with Gasteiger partial charge < -0.3 is 14.6 Å². The molecule has 2 fully saturated rings. The molecule has 6 nitrogen and oxygen atoms in total. The van der Waals surface area contributed by atoms with Crippen LogP contribution < -0.4 is 0 Å². The summed E-state index contributed by atoms with van der Waals surface area (Å²) < 4.78 is 5.46. The Morgan fingerprint density at radius 1 is 1.14 bits per heavy atom. The third-order valence-electron chi connectivity index (χ3n) is 8.18. The predicted molar refractivity (Wildman–Crippen MR) is 145 cm³/mol. The van der Waals surface area contributed by atoms with Crippen LogP contribution in [-0.2, 0) is 9.53 Å². The minimum absolute atomic E-state index is 0.245. The molecule has 1 N–H and O–H groups in total. The Kier molecular flexibility index (Phi) is 7.44. The number of likely N-dealkylation sites (N-methyl/N-ethyl adjacent to an activating group) is 1. The zero-order valence-corrected chi connectivity index (χ0v) is 22.2. The van der Waals surface area contributed by atoms with Crippen LogP contribution in [-0.4, -0.2) is 71.6 Å². The molecule has 5 rings (SSSR count). The van der Waals surface area contributed by atoms with Gasteiger partial charge in [-0.3, -0.25) is 14.7 Å². The molecule has 0 bridgehead atoms. The number of piperidine rings is 1. The van der Waals surface area contributed by atoms with Crippen molar-refractivity contribution in [2.24, 2.45) is 0 Å². The highest BCUT2D eigenvalue weighted by molar-refractivity contribution is 5.92. The van der Waals surface area contributed by atoms with Crippen molar-refractivity contribution >= 4 is 16.8 Å². The first-order valence-electron chi connectivity index (χ1n) is 13.5. The molecule has 2 aliphatic rings. The Labute approximate surface area is 215 Å². The van der Waals surface area contributed by atoms with Crippen molar-refractivity contribution in [3.63, 3.8) is 0 Å². The van der Waals surface area contributed by atoms with Gasteiger partial charge in [-0.05, 0) is 92.9 Å². The fraction of sp³-hybridized carbons (Fsp3) is 0.533. The van der Waals surface area contributed by atoms with E-state index < -0.39 is 0 Å². The van der Waals surface area contributed by atoms with Crippen molar-refractivity contribution in [3.05, 3.63) is 53.3 Å². The van der Waals surface area contributed by atoms with Gasteiger partial charge >= 0.3 is 0 Å². The van der Waals surface area contributed by atoms with Crippen LogP contribution in [0.4, 0.5) is 0 Å². The molecule has 1 aromatic carbocycles. The van der Waals surface area contributed by atoms with Crippen LogP contribution in [0.25, 0.3) is 22.2 Å². The molecule has 1 amide bonds. The quantitative estimate of drug-likeness (QED) is 0.499.